The molecule has 0 aromatic heterocycles. The summed E-state index contributed by atoms with van der Waals surface area (Å²) < 4.78 is 25.2. The third-order valence-corrected chi connectivity index (χ3v) is 4.48. The molecular weight excluding hydrogens is 278 g/mol. The summed E-state index contributed by atoms with van der Waals surface area (Å²) in [6.07, 6.45) is 0.549. The first-order chi connectivity index (χ1) is 6.92. The Balaban J connectivity index is 2.62. The number of hydrogen-bond acceptors (Lipinski definition) is 2. The van der Waals surface area contributed by atoms with Gasteiger partial charge in [-0.2, -0.15) is 0 Å². The summed E-state index contributed by atoms with van der Waals surface area (Å²) in [4.78, 5) is 0. The Kier molecular flexibility index (Phi) is 4.31. The summed E-state index contributed by atoms with van der Waals surface area (Å²) in [6.45, 7) is 0. The van der Waals surface area contributed by atoms with Crippen LogP contribution in [0.4, 0.5) is 0 Å². The summed E-state index contributed by atoms with van der Waals surface area (Å²) in [5.41, 5.74) is 1.03. The molecule has 0 radical (unpaired) electrons. The number of benzene rings is 1. The molecule has 0 atom stereocenters. The summed E-state index contributed by atoms with van der Waals surface area (Å²) in [6, 6.07) is 7.68. The predicted octanol–water partition coefficient (Wildman–Crippen LogP) is 1.88. The molecule has 0 amide bonds. The van der Waals surface area contributed by atoms with E-state index in [0.29, 0.717) is 6.42 Å². The van der Waals surface area contributed by atoms with Crippen molar-refractivity contribution < 1.29 is 8.42 Å². The van der Waals surface area contributed by atoms with E-state index in [1.807, 2.05) is 24.3 Å². The lowest BCUT2D eigenvalue weighted by molar-refractivity contribution is 0.520. The van der Waals surface area contributed by atoms with Crippen LogP contribution in [0.5, 0.6) is 0 Å². The number of rotatable bonds is 4. The average Bonchev–Trinajstić information content (AvgIpc) is 2.17. The fraction of sp³-hybridized carbons (Fsp3) is 0.400. The van der Waals surface area contributed by atoms with Gasteiger partial charge in [-0.25, -0.2) is 12.7 Å². The predicted molar refractivity (Wildman–Crippen MR) is 65.3 cm³/mol. The number of sulfonamides is 1. The number of halogens is 1. The van der Waals surface area contributed by atoms with Gasteiger partial charge in [0.05, 0.1) is 5.75 Å². The Hall–Kier alpha value is -0.390. The lowest BCUT2D eigenvalue weighted by Crippen LogP contribution is -2.25. The maximum absolute atomic E-state index is 11.5. The van der Waals surface area contributed by atoms with E-state index in [4.69, 9.17) is 0 Å². The van der Waals surface area contributed by atoms with E-state index in [2.05, 4.69) is 15.9 Å². The Morgan fingerprint density at radius 3 is 2.20 bits per heavy atom. The van der Waals surface area contributed by atoms with Crippen LogP contribution in [0.15, 0.2) is 28.7 Å². The van der Waals surface area contributed by atoms with Crippen LogP contribution in [0.1, 0.15) is 5.56 Å². The number of nitrogens with zero attached hydrogens (tertiary/aromatic N) is 1. The second-order valence-electron chi connectivity index (χ2n) is 3.47. The molecule has 0 spiro atoms. The Bertz CT molecular complexity index is 412. The topological polar surface area (TPSA) is 37.4 Å². The van der Waals surface area contributed by atoms with Crippen LogP contribution in [-0.4, -0.2) is 32.6 Å². The highest BCUT2D eigenvalue weighted by Gasteiger charge is 2.12. The summed E-state index contributed by atoms with van der Waals surface area (Å²) in [7, 11) is 0.0201. The maximum atomic E-state index is 11.5. The first-order valence-electron chi connectivity index (χ1n) is 4.56. The zero-order valence-corrected chi connectivity index (χ0v) is 11.2. The molecule has 0 unspecified atom stereocenters. The highest BCUT2D eigenvalue weighted by atomic mass is 79.9. The maximum Gasteiger partial charge on any atom is 0.213 e. The van der Waals surface area contributed by atoms with Gasteiger partial charge < -0.3 is 0 Å². The Morgan fingerprint density at radius 1 is 1.20 bits per heavy atom. The SMILES string of the molecule is CN(C)S(=O)(=O)CCc1ccc(Br)cc1. The largest absolute Gasteiger partial charge is 0.213 e. The van der Waals surface area contributed by atoms with Crippen LogP contribution in [0.2, 0.25) is 0 Å². The third kappa shape index (κ3) is 3.93. The van der Waals surface area contributed by atoms with Gasteiger partial charge in [0.25, 0.3) is 0 Å². The molecule has 0 fully saturated rings. The minimum Gasteiger partial charge on any atom is -0.212 e. The van der Waals surface area contributed by atoms with Crippen molar-refractivity contribution in [2.75, 3.05) is 19.8 Å². The molecule has 15 heavy (non-hydrogen) atoms. The first-order valence-corrected chi connectivity index (χ1v) is 6.97. The van der Waals surface area contributed by atoms with Gasteiger partial charge in [0.15, 0.2) is 0 Å². The molecule has 0 aliphatic rings. The smallest absolute Gasteiger partial charge is 0.212 e. The molecule has 0 saturated carbocycles. The van der Waals surface area contributed by atoms with Gasteiger partial charge in [-0.05, 0) is 24.1 Å². The van der Waals surface area contributed by atoms with Gasteiger partial charge in [0.1, 0.15) is 0 Å². The van der Waals surface area contributed by atoms with Crippen LogP contribution in [-0.2, 0) is 16.4 Å². The van der Waals surface area contributed by atoms with Crippen molar-refractivity contribution >= 4 is 26.0 Å². The van der Waals surface area contributed by atoms with Gasteiger partial charge in [-0.15, -0.1) is 0 Å². The standard InChI is InChI=1S/C10H14BrNO2S/c1-12(2)15(13,14)8-7-9-3-5-10(11)6-4-9/h3-6H,7-8H2,1-2H3. The highest BCUT2D eigenvalue weighted by molar-refractivity contribution is 9.10. The van der Waals surface area contributed by atoms with Gasteiger partial charge >= 0.3 is 0 Å². The van der Waals surface area contributed by atoms with Crippen molar-refractivity contribution in [3.05, 3.63) is 34.3 Å². The molecular formula is C10H14BrNO2S. The summed E-state index contributed by atoms with van der Waals surface area (Å²) >= 11 is 3.33. The fourth-order valence-electron chi connectivity index (χ4n) is 1.08. The Labute approximate surface area is 99.3 Å². The van der Waals surface area contributed by atoms with E-state index in [9.17, 15) is 8.42 Å². The zero-order valence-electron chi connectivity index (χ0n) is 8.77. The van der Waals surface area contributed by atoms with Gasteiger partial charge in [0, 0.05) is 18.6 Å². The molecule has 1 rings (SSSR count). The van der Waals surface area contributed by atoms with Crippen molar-refractivity contribution in [3.63, 3.8) is 0 Å². The van der Waals surface area contributed by atoms with Crippen LogP contribution in [0.3, 0.4) is 0 Å². The Morgan fingerprint density at radius 2 is 1.73 bits per heavy atom. The molecule has 0 bridgehead atoms. The minimum atomic E-state index is -3.08. The molecule has 5 heteroatoms. The summed E-state index contributed by atoms with van der Waals surface area (Å²) in [5.74, 6) is 0.154. The van der Waals surface area contributed by atoms with Gasteiger partial charge in [-0.1, -0.05) is 28.1 Å². The quantitative estimate of drug-likeness (QED) is 0.849. The van der Waals surface area contributed by atoms with Crippen molar-refractivity contribution in [2.45, 2.75) is 6.42 Å². The van der Waals surface area contributed by atoms with E-state index in [0.717, 1.165) is 10.0 Å². The molecule has 0 aliphatic heterocycles. The second-order valence-corrected chi connectivity index (χ2v) is 6.69. The van der Waals surface area contributed by atoms with Crippen molar-refractivity contribution in [3.8, 4) is 0 Å². The number of aryl methyl sites for hydroxylation is 1. The minimum absolute atomic E-state index is 0.154. The van der Waals surface area contributed by atoms with Crippen molar-refractivity contribution in [2.24, 2.45) is 0 Å². The third-order valence-electron chi connectivity index (χ3n) is 2.12. The molecule has 3 nitrogen and oxygen atoms in total. The molecule has 0 heterocycles. The first kappa shape index (κ1) is 12.7. The molecule has 0 saturated heterocycles. The number of hydrogen-bond donors (Lipinski definition) is 0. The summed E-state index contributed by atoms with van der Waals surface area (Å²) in [5, 5.41) is 0. The van der Waals surface area contributed by atoms with Crippen LogP contribution in [0, 0.1) is 0 Å². The molecule has 1 aromatic rings. The van der Waals surface area contributed by atoms with E-state index < -0.39 is 10.0 Å². The molecule has 0 N–H and O–H groups in total. The zero-order chi connectivity index (χ0) is 11.5. The van der Waals surface area contributed by atoms with Gasteiger partial charge in [-0.3, -0.25) is 0 Å². The molecule has 1 aromatic carbocycles. The van der Waals surface area contributed by atoms with Crippen molar-refractivity contribution in [1.82, 2.24) is 4.31 Å². The van der Waals surface area contributed by atoms with E-state index in [-0.39, 0.29) is 5.75 Å². The van der Waals surface area contributed by atoms with Crippen LogP contribution >= 0.6 is 15.9 Å². The van der Waals surface area contributed by atoms with Crippen LogP contribution in [0.25, 0.3) is 0 Å². The highest BCUT2D eigenvalue weighted by Crippen LogP contribution is 2.11. The lowest BCUT2D eigenvalue weighted by Gasteiger charge is -2.10. The normalized spacial score (nSPS) is 12.0. The molecule has 84 valence electrons. The van der Waals surface area contributed by atoms with Crippen LogP contribution < -0.4 is 0 Å². The van der Waals surface area contributed by atoms with Crippen molar-refractivity contribution in [1.29, 1.82) is 0 Å². The fourth-order valence-corrected chi connectivity index (χ4v) is 2.20. The molecule has 0 aliphatic carbocycles. The lowest BCUT2D eigenvalue weighted by atomic mass is 10.2. The van der Waals surface area contributed by atoms with E-state index in [1.165, 1.54) is 4.31 Å². The second kappa shape index (κ2) is 5.09. The van der Waals surface area contributed by atoms with E-state index in [1.54, 1.807) is 14.1 Å². The monoisotopic (exact) mass is 291 g/mol. The average molecular weight is 292 g/mol. The van der Waals surface area contributed by atoms with Gasteiger partial charge in [0.2, 0.25) is 10.0 Å². The van der Waals surface area contributed by atoms with E-state index >= 15 is 0 Å².